The molecule has 0 unspecified atom stereocenters. The summed E-state index contributed by atoms with van der Waals surface area (Å²) in [5, 5.41) is 0. The molecule has 4 heteroatoms. The van der Waals surface area contributed by atoms with Crippen LogP contribution in [-0.4, -0.2) is 24.9 Å². The van der Waals surface area contributed by atoms with Gasteiger partial charge < -0.3 is 4.74 Å². The van der Waals surface area contributed by atoms with Crippen LogP contribution >= 0.6 is 27.7 Å². The lowest BCUT2D eigenvalue weighted by atomic mass is 9.95. The van der Waals surface area contributed by atoms with Gasteiger partial charge >= 0.3 is 0 Å². The first kappa shape index (κ1) is 15.6. The standard InChI is InChI=1S/C14H19BrO2S/c1-8-9(2)14(17-4)12(10(3)13(8)15)11(16)6-7-18-5/h6-7H2,1-5H3. The van der Waals surface area contributed by atoms with Gasteiger partial charge in [-0.25, -0.2) is 0 Å². The number of thioether (sulfide) groups is 1. The Morgan fingerprint density at radius 2 is 1.83 bits per heavy atom. The average Bonchev–Trinajstić information content (AvgIpc) is 2.37. The zero-order valence-electron chi connectivity index (χ0n) is 11.5. The summed E-state index contributed by atoms with van der Waals surface area (Å²) in [4.78, 5) is 12.3. The van der Waals surface area contributed by atoms with Gasteiger partial charge in [-0.1, -0.05) is 15.9 Å². The Hall–Kier alpha value is -0.480. The van der Waals surface area contributed by atoms with Gasteiger partial charge in [0.1, 0.15) is 5.75 Å². The lowest BCUT2D eigenvalue weighted by molar-refractivity contribution is 0.0985. The van der Waals surface area contributed by atoms with E-state index in [2.05, 4.69) is 15.9 Å². The molecule has 0 aliphatic rings. The van der Waals surface area contributed by atoms with E-state index in [0.717, 1.165) is 38.2 Å². The molecule has 0 N–H and O–H groups in total. The van der Waals surface area contributed by atoms with Crippen LogP contribution in [0.5, 0.6) is 5.75 Å². The fourth-order valence-corrected chi connectivity index (χ4v) is 2.88. The smallest absolute Gasteiger partial charge is 0.167 e. The monoisotopic (exact) mass is 330 g/mol. The molecule has 0 aliphatic heterocycles. The molecule has 0 heterocycles. The molecule has 0 amide bonds. The number of halogens is 1. The van der Waals surface area contributed by atoms with Crippen molar-refractivity contribution < 1.29 is 9.53 Å². The van der Waals surface area contributed by atoms with Crippen molar-refractivity contribution in [2.24, 2.45) is 0 Å². The first-order chi connectivity index (χ1) is 8.45. The van der Waals surface area contributed by atoms with Gasteiger partial charge in [0.2, 0.25) is 0 Å². The van der Waals surface area contributed by atoms with Gasteiger partial charge in [-0.15, -0.1) is 0 Å². The molecule has 0 bridgehead atoms. The molecule has 1 aromatic carbocycles. The molecule has 2 nitrogen and oxygen atoms in total. The van der Waals surface area contributed by atoms with Crippen LogP contribution in [0.3, 0.4) is 0 Å². The molecular weight excluding hydrogens is 312 g/mol. The second-order valence-electron chi connectivity index (χ2n) is 4.26. The van der Waals surface area contributed by atoms with E-state index >= 15 is 0 Å². The fraction of sp³-hybridized carbons (Fsp3) is 0.500. The maximum Gasteiger partial charge on any atom is 0.167 e. The number of ether oxygens (including phenoxy) is 1. The van der Waals surface area contributed by atoms with E-state index in [1.807, 2.05) is 27.0 Å². The van der Waals surface area contributed by atoms with Crippen molar-refractivity contribution >= 4 is 33.5 Å². The number of hydrogen-bond donors (Lipinski definition) is 0. The van der Waals surface area contributed by atoms with Gasteiger partial charge in [0.05, 0.1) is 12.7 Å². The van der Waals surface area contributed by atoms with Crippen molar-refractivity contribution in [2.45, 2.75) is 27.2 Å². The largest absolute Gasteiger partial charge is 0.496 e. The lowest BCUT2D eigenvalue weighted by Gasteiger charge is -2.18. The zero-order valence-corrected chi connectivity index (χ0v) is 13.9. The zero-order chi connectivity index (χ0) is 13.9. The van der Waals surface area contributed by atoms with Crippen molar-refractivity contribution in [3.63, 3.8) is 0 Å². The summed E-state index contributed by atoms with van der Waals surface area (Å²) in [5.41, 5.74) is 3.86. The predicted octanol–water partition coefficient (Wildman–Crippen LogP) is 4.32. The number of Topliss-reactive ketones (excluding diaryl/α,β-unsaturated/α-hetero) is 1. The van der Waals surface area contributed by atoms with Crippen LogP contribution in [0.15, 0.2) is 4.47 Å². The topological polar surface area (TPSA) is 26.3 Å². The van der Waals surface area contributed by atoms with Crippen LogP contribution in [0.1, 0.15) is 33.5 Å². The van der Waals surface area contributed by atoms with E-state index in [1.165, 1.54) is 0 Å². The molecule has 1 rings (SSSR count). The van der Waals surface area contributed by atoms with Crippen LogP contribution in [-0.2, 0) is 0 Å². The van der Waals surface area contributed by atoms with Crippen LogP contribution < -0.4 is 4.74 Å². The number of carbonyl (C=O) groups is 1. The first-order valence-corrected chi connectivity index (χ1v) is 7.99. The van der Waals surface area contributed by atoms with Crippen LogP contribution in [0.2, 0.25) is 0 Å². The van der Waals surface area contributed by atoms with E-state index in [0.29, 0.717) is 6.42 Å². The Labute approximate surface area is 122 Å². The summed E-state index contributed by atoms with van der Waals surface area (Å²) in [7, 11) is 1.63. The summed E-state index contributed by atoms with van der Waals surface area (Å²) >= 11 is 5.25. The molecule has 100 valence electrons. The minimum absolute atomic E-state index is 0.155. The van der Waals surface area contributed by atoms with E-state index < -0.39 is 0 Å². The molecule has 0 atom stereocenters. The van der Waals surface area contributed by atoms with Crippen LogP contribution in [0.4, 0.5) is 0 Å². The molecule has 0 saturated carbocycles. The summed E-state index contributed by atoms with van der Waals surface area (Å²) in [6.45, 7) is 5.99. The van der Waals surface area contributed by atoms with Crippen molar-refractivity contribution in [1.29, 1.82) is 0 Å². The van der Waals surface area contributed by atoms with Crippen LogP contribution in [0.25, 0.3) is 0 Å². The number of carbonyl (C=O) groups excluding carboxylic acids is 1. The SMILES string of the molecule is COc1c(C)c(C)c(Br)c(C)c1C(=O)CCSC. The number of methoxy groups -OCH3 is 1. The molecule has 1 aromatic rings. The molecule has 0 spiro atoms. The quantitative estimate of drug-likeness (QED) is 0.752. The van der Waals surface area contributed by atoms with Gasteiger partial charge in [-0.05, 0) is 43.7 Å². The molecule has 0 fully saturated rings. The number of rotatable bonds is 5. The second kappa shape index (κ2) is 6.62. The third-order valence-corrected chi connectivity index (χ3v) is 4.98. The maximum absolute atomic E-state index is 12.3. The fourth-order valence-electron chi connectivity index (χ4n) is 1.99. The highest BCUT2D eigenvalue weighted by atomic mass is 79.9. The van der Waals surface area contributed by atoms with E-state index in [1.54, 1.807) is 18.9 Å². The number of hydrogen-bond acceptors (Lipinski definition) is 3. The van der Waals surface area contributed by atoms with Crippen LogP contribution in [0, 0.1) is 20.8 Å². The second-order valence-corrected chi connectivity index (χ2v) is 6.04. The lowest BCUT2D eigenvalue weighted by Crippen LogP contribution is -2.09. The average molecular weight is 331 g/mol. The van der Waals surface area contributed by atoms with Crippen molar-refractivity contribution in [3.05, 3.63) is 26.7 Å². The Morgan fingerprint density at radius 1 is 1.22 bits per heavy atom. The minimum Gasteiger partial charge on any atom is -0.496 e. The molecule has 0 aliphatic carbocycles. The molecule has 0 radical (unpaired) electrons. The highest BCUT2D eigenvalue weighted by molar-refractivity contribution is 9.10. The first-order valence-electron chi connectivity index (χ1n) is 5.81. The Bertz CT molecular complexity index is 470. The maximum atomic E-state index is 12.3. The highest BCUT2D eigenvalue weighted by Crippen LogP contribution is 2.36. The Balaban J connectivity index is 3.37. The van der Waals surface area contributed by atoms with Crippen molar-refractivity contribution in [2.75, 3.05) is 19.1 Å². The third kappa shape index (κ3) is 2.91. The molecule has 0 saturated heterocycles. The van der Waals surface area contributed by atoms with Crippen molar-refractivity contribution in [1.82, 2.24) is 0 Å². The summed E-state index contributed by atoms with van der Waals surface area (Å²) in [6, 6.07) is 0. The third-order valence-electron chi connectivity index (χ3n) is 3.18. The number of benzene rings is 1. The molecular formula is C14H19BrO2S. The summed E-state index contributed by atoms with van der Waals surface area (Å²) in [5.74, 6) is 1.72. The van der Waals surface area contributed by atoms with E-state index in [9.17, 15) is 4.79 Å². The van der Waals surface area contributed by atoms with Gasteiger partial charge in [-0.2, -0.15) is 11.8 Å². The predicted molar refractivity (Wildman–Crippen MR) is 82.2 cm³/mol. The molecule has 18 heavy (non-hydrogen) atoms. The minimum atomic E-state index is 0.155. The molecule has 0 aromatic heterocycles. The van der Waals surface area contributed by atoms with Gasteiger partial charge in [0, 0.05) is 16.6 Å². The van der Waals surface area contributed by atoms with Gasteiger partial charge in [-0.3, -0.25) is 4.79 Å². The van der Waals surface area contributed by atoms with E-state index in [-0.39, 0.29) is 5.78 Å². The Morgan fingerprint density at radius 3 is 2.33 bits per heavy atom. The number of ketones is 1. The normalized spacial score (nSPS) is 10.6. The highest BCUT2D eigenvalue weighted by Gasteiger charge is 2.21. The summed E-state index contributed by atoms with van der Waals surface area (Å²) in [6.07, 6.45) is 2.56. The van der Waals surface area contributed by atoms with Gasteiger partial charge in [0.25, 0.3) is 0 Å². The van der Waals surface area contributed by atoms with Crippen molar-refractivity contribution in [3.8, 4) is 5.75 Å². The van der Waals surface area contributed by atoms with Gasteiger partial charge in [0.15, 0.2) is 5.78 Å². The summed E-state index contributed by atoms with van der Waals surface area (Å²) < 4.78 is 6.45. The Kier molecular flexibility index (Phi) is 5.73. The van der Waals surface area contributed by atoms with E-state index in [4.69, 9.17) is 4.74 Å².